The Morgan fingerprint density at radius 3 is 2.69 bits per heavy atom. The number of nitriles is 1. The molecule has 2 aromatic carbocycles. The molecular weight excluding hydrogens is 452 g/mol. The molecule has 8 heteroatoms. The van der Waals surface area contributed by atoms with Crippen molar-refractivity contribution in [1.82, 2.24) is 20.1 Å². The number of benzene rings is 2. The van der Waals surface area contributed by atoms with Crippen LogP contribution in [0.1, 0.15) is 10.5 Å². The van der Waals surface area contributed by atoms with Crippen LogP contribution in [0.3, 0.4) is 0 Å². The van der Waals surface area contributed by atoms with Crippen LogP contribution in [-0.4, -0.2) is 80.7 Å². The van der Waals surface area contributed by atoms with E-state index in [9.17, 15) is 4.79 Å². The van der Waals surface area contributed by atoms with Gasteiger partial charge in [0.1, 0.15) is 11.4 Å². The molecule has 2 N–H and O–H groups in total. The first-order valence-electron chi connectivity index (χ1n) is 12.1. The minimum absolute atomic E-state index is 0.175. The van der Waals surface area contributed by atoms with Crippen molar-refractivity contribution in [3.8, 4) is 23.1 Å². The summed E-state index contributed by atoms with van der Waals surface area (Å²) in [5.74, 6) is 0.498. The van der Waals surface area contributed by atoms with Crippen LogP contribution in [0.25, 0.3) is 22.0 Å². The summed E-state index contributed by atoms with van der Waals surface area (Å²) in [5.41, 5.74) is 3.19. The maximum absolute atomic E-state index is 12.8. The summed E-state index contributed by atoms with van der Waals surface area (Å²) in [5, 5.41) is 17.3. The Labute approximate surface area is 212 Å². The Balaban J connectivity index is 1.51. The molecule has 0 unspecified atom stereocenters. The zero-order valence-corrected chi connectivity index (χ0v) is 20.9. The number of rotatable bonds is 9. The number of ether oxygens (including phenoxy) is 1. The number of nitrogens with one attached hydrogen (secondary N) is 2. The largest absolute Gasteiger partial charge is 0.495 e. The number of amides is 1. The van der Waals surface area contributed by atoms with Crippen molar-refractivity contribution in [2.75, 3.05) is 65.3 Å². The van der Waals surface area contributed by atoms with Crippen molar-refractivity contribution in [1.29, 1.82) is 5.26 Å². The molecule has 0 bridgehead atoms. The number of hydrogen-bond acceptors (Lipinski definition) is 7. The van der Waals surface area contributed by atoms with Crippen molar-refractivity contribution in [3.63, 3.8) is 0 Å². The summed E-state index contributed by atoms with van der Waals surface area (Å²) in [4.78, 5) is 22.1. The van der Waals surface area contributed by atoms with E-state index in [1.54, 1.807) is 13.2 Å². The third-order valence-electron chi connectivity index (χ3n) is 6.43. The number of hydrogen-bond donors (Lipinski definition) is 2. The van der Waals surface area contributed by atoms with E-state index in [1.165, 1.54) is 0 Å². The number of fused-ring (bicyclic) bond motifs is 1. The van der Waals surface area contributed by atoms with E-state index >= 15 is 0 Å². The highest BCUT2D eigenvalue weighted by molar-refractivity contribution is 5.99. The number of carbonyl (C=O) groups excluding carboxylic acids is 1. The normalized spacial score (nSPS) is 14.2. The number of piperazine rings is 1. The van der Waals surface area contributed by atoms with Gasteiger partial charge in [-0.3, -0.25) is 9.69 Å². The standard InChI is InChI=1S/C28H32N6O2/c1-20(18-29)19-31-27-23-17-22(8-7-21(23)9-10-26(27)36-3)24-5-4-6-25(32-24)28(35)30-11-12-34-15-13-33(2)14-16-34/h4-10,17,31H,1,11-16,19H2,2-3H3,(H,30,35). The van der Waals surface area contributed by atoms with Gasteiger partial charge in [0.15, 0.2) is 0 Å². The highest BCUT2D eigenvalue weighted by atomic mass is 16.5. The molecule has 36 heavy (non-hydrogen) atoms. The fourth-order valence-electron chi connectivity index (χ4n) is 4.26. The van der Waals surface area contributed by atoms with Crippen molar-refractivity contribution in [2.45, 2.75) is 0 Å². The third kappa shape index (κ3) is 6.00. The van der Waals surface area contributed by atoms with Gasteiger partial charge < -0.3 is 20.3 Å². The fraction of sp³-hybridized carbons (Fsp3) is 0.321. The van der Waals surface area contributed by atoms with Crippen molar-refractivity contribution in [3.05, 3.63) is 66.4 Å². The number of nitrogens with zero attached hydrogens (tertiary/aromatic N) is 4. The maximum atomic E-state index is 12.8. The van der Waals surface area contributed by atoms with Crippen LogP contribution >= 0.6 is 0 Å². The van der Waals surface area contributed by atoms with Gasteiger partial charge in [-0.25, -0.2) is 4.98 Å². The van der Waals surface area contributed by atoms with Gasteiger partial charge in [0.05, 0.1) is 24.6 Å². The first kappa shape index (κ1) is 25.2. The number of aromatic nitrogens is 1. The average molecular weight is 485 g/mol. The van der Waals surface area contributed by atoms with Gasteiger partial charge in [-0.05, 0) is 36.7 Å². The molecule has 0 spiro atoms. The van der Waals surface area contributed by atoms with E-state index in [4.69, 9.17) is 10.00 Å². The van der Waals surface area contributed by atoms with Gasteiger partial charge in [0.25, 0.3) is 5.91 Å². The molecule has 0 radical (unpaired) electrons. The molecule has 8 nitrogen and oxygen atoms in total. The summed E-state index contributed by atoms with van der Waals surface area (Å²) in [6.07, 6.45) is 0. The van der Waals surface area contributed by atoms with Crippen LogP contribution in [0.15, 0.2) is 60.7 Å². The molecule has 0 saturated carbocycles. The Kier molecular flexibility index (Phi) is 8.16. The summed E-state index contributed by atoms with van der Waals surface area (Å²) >= 11 is 0. The molecule has 1 saturated heterocycles. The van der Waals surface area contributed by atoms with Gasteiger partial charge in [-0.2, -0.15) is 5.26 Å². The molecule has 3 aromatic rings. The Morgan fingerprint density at radius 1 is 1.17 bits per heavy atom. The number of anilines is 1. The molecule has 1 amide bonds. The second kappa shape index (κ2) is 11.7. The first-order valence-corrected chi connectivity index (χ1v) is 12.1. The lowest BCUT2D eigenvalue weighted by molar-refractivity contribution is 0.0936. The van der Waals surface area contributed by atoms with E-state index < -0.39 is 0 Å². The van der Waals surface area contributed by atoms with Gasteiger partial charge in [-0.15, -0.1) is 0 Å². The maximum Gasteiger partial charge on any atom is 0.269 e. The number of likely N-dealkylation sites (N-methyl/N-ethyl adjacent to an activating group) is 1. The molecule has 2 heterocycles. The minimum atomic E-state index is -0.175. The van der Waals surface area contributed by atoms with Crippen molar-refractivity contribution >= 4 is 22.4 Å². The topological polar surface area (TPSA) is 93.5 Å². The molecule has 0 atom stereocenters. The third-order valence-corrected chi connectivity index (χ3v) is 6.43. The Bertz CT molecular complexity index is 1290. The highest BCUT2D eigenvalue weighted by Crippen LogP contribution is 2.35. The quantitative estimate of drug-likeness (QED) is 0.450. The zero-order chi connectivity index (χ0) is 25.5. The Morgan fingerprint density at radius 2 is 1.94 bits per heavy atom. The number of carbonyl (C=O) groups is 1. The molecule has 1 fully saturated rings. The second-order valence-electron chi connectivity index (χ2n) is 8.96. The predicted molar refractivity (Wildman–Crippen MR) is 143 cm³/mol. The van der Waals surface area contributed by atoms with E-state index in [0.717, 1.165) is 54.7 Å². The number of methoxy groups -OCH3 is 1. The van der Waals surface area contributed by atoms with Crippen LogP contribution in [-0.2, 0) is 0 Å². The van der Waals surface area contributed by atoms with Gasteiger partial charge in [0, 0.05) is 62.3 Å². The molecule has 4 rings (SSSR count). The number of pyridine rings is 1. The van der Waals surface area contributed by atoms with E-state index in [1.807, 2.05) is 42.5 Å². The molecule has 1 aromatic heterocycles. The van der Waals surface area contributed by atoms with E-state index in [0.29, 0.717) is 35.8 Å². The van der Waals surface area contributed by atoms with Gasteiger partial charge >= 0.3 is 0 Å². The summed E-state index contributed by atoms with van der Waals surface area (Å²) in [7, 11) is 3.75. The smallest absolute Gasteiger partial charge is 0.269 e. The van der Waals surface area contributed by atoms with Gasteiger partial charge in [-0.1, -0.05) is 30.8 Å². The lowest BCUT2D eigenvalue weighted by atomic mass is 10.0. The van der Waals surface area contributed by atoms with Crippen molar-refractivity contribution in [2.24, 2.45) is 0 Å². The molecule has 186 valence electrons. The summed E-state index contributed by atoms with van der Waals surface area (Å²) in [6.45, 7) is 9.64. The molecule has 1 aliphatic rings. The fourth-order valence-corrected chi connectivity index (χ4v) is 4.26. The van der Waals surface area contributed by atoms with Crippen molar-refractivity contribution < 1.29 is 9.53 Å². The van der Waals surface area contributed by atoms with E-state index in [2.05, 4.69) is 45.1 Å². The van der Waals surface area contributed by atoms with Crippen LogP contribution in [0.5, 0.6) is 5.75 Å². The first-order chi connectivity index (χ1) is 17.5. The average Bonchev–Trinajstić information content (AvgIpc) is 2.92. The van der Waals surface area contributed by atoms with E-state index in [-0.39, 0.29) is 5.91 Å². The summed E-state index contributed by atoms with van der Waals surface area (Å²) in [6, 6.07) is 17.4. The molecular formula is C28H32N6O2. The SMILES string of the molecule is C=C(C#N)CNc1c(OC)ccc2ccc(-c3cccc(C(=O)NCCN4CCN(C)CC4)n3)cc12. The summed E-state index contributed by atoms with van der Waals surface area (Å²) < 4.78 is 5.55. The van der Waals surface area contributed by atoms with Crippen LogP contribution < -0.4 is 15.4 Å². The lowest BCUT2D eigenvalue weighted by Crippen LogP contribution is -2.46. The van der Waals surface area contributed by atoms with Crippen LogP contribution in [0, 0.1) is 11.3 Å². The Hall–Kier alpha value is -3.93. The molecule has 1 aliphatic heterocycles. The molecule has 0 aliphatic carbocycles. The van der Waals surface area contributed by atoms with Crippen LogP contribution in [0.2, 0.25) is 0 Å². The predicted octanol–water partition coefficient (Wildman–Crippen LogP) is 3.38. The zero-order valence-electron chi connectivity index (χ0n) is 20.9. The van der Waals surface area contributed by atoms with Crippen LogP contribution in [0.4, 0.5) is 5.69 Å². The second-order valence-corrected chi connectivity index (χ2v) is 8.96. The highest BCUT2D eigenvalue weighted by Gasteiger charge is 2.15. The lowest BCUT2D eigenvalue weighted by Gasteiger charge is -2.32. The van der Waals surface area contributed by atoms with Gasteiger partial charge in [0.2, 0.25) is 0 Å². The minimum Gasteiger partial charge on any atom is -0.495 e. The monoisotopic (exact) mass is 484 g/mol.